The van der Waals surface area contributed by atoms with Gasteiger partial charge in [-0.15, -0.1) is 0 Å². The van der Waals surface area contributed by atoms with Gasteiger partial charge in [-0.1, -0.05) is 0 Å². The number of hydrogen-bond acceptors (Lipinski definition) is 8. The molecule has 0 aliphatic heterocycles. The standard InChI is InChI=1S/Cr.La.Mn.8O.Sr/q;+3;;;;;;4*-1;+2. The van der Waals surface area contributed by atoms with Crippen molar-refractivity contribution in [1.29, 1.82) is 0 Å². The maximum Gasteiger partial charge on any atom is 2.00 e. The van der Waals surface area contributed by atoms with E-state index >= 15 is 0 Å². The van der Waals surface area contributed by atoms with Crippen molar-refractivity contribution in [2.75, 3.05) is 0 Å². The second-order valence-electron chi connectivity index (χ2n) is 0.786. The fourth-order valence-electron chi connectivity index (χ4n) is 0. The van der Waals surface area contributed by atoms with E-state index < -0.39 is 27.0 Å². The summed E-state index contributed by atoms with van der Waals surface area (Å²) in [6.07, 6.45) is 0. The first-order chi connectivity index (χ1) is 4.00. The third-order valence-corrected chi connectivity index (χ3v) is 0. The number of rotatable bonds is 0. The van der Waals surface area contributed by atoms with Gasteiger partial charge in [-0.3, -0.25) is 0 Å². The molecular formula is CrLaMnO8Sr+. The van der Waals surface area contributed by atoms with Crippen molar-refractivity contribution in [3.05, 3.63) is 0 Å². The van der Waals surface area contributed by atoms with Crippen LogP contribution in [0.2, 0.25) is 0 Å². The summed E-state index contributed by atoms with van der Waals surface area (Å²) >= 11 is -11.4. The molecule has 8 nitrogen and oxygen atoms in total. The van der Waals surface area contributed by atoms with E-state index in [1.165, 1.54) is 0 Å². The molecule has 0 saturated carbocycles. The van der Waals surface area contributed by atoms with E-state index in [4.69, 9.17) is 32.0 Å². The van der Waals surface area contributed by atoms with Crippen LogP contribution < -0.4 is 16.7 Å². The Morgan fingerprint density at radius 3 is 1.00 bits per heavy atom. The minimum Gasteiger partial charge on any atom is 2.00 e. The summed E-state index contributed by atoms with van der Waals surface area (Å²) in [6.45, 7) is 0. The third-order valence-electron chi connectivity index (χ3n) is 0. The first-order valence-electron chi connectivity index (χ1n) is 1.28. The van der Waals surface area contributed by atoms with Crippen LogP contribution in [0.4, 0.5) is 0 Å². The maximum atomic E-state index is 8.59. The molecule has 0 unspecified atom stereocenters. The van der Waals surface area contributed by atoms with Crippen LogP contribution in [0, 0.1) is 35.6 Å². The van der Waals surface area contributed by atoms with E-state index in [0.717, 1.165) is 0 Å². The van der Waals surface area contributed by atoms with Gasteiger partial charge in [0.2, 0.25) is 0 Å². The SMILES string of the molecule is [La+3].[O]=[Cr](=[O])([O-])[O-].[O]=[Mn](=[O])([O-])[O-].[Sr+2]. The molecule has 0 aromatic carbocycles. The quantitative estimate of drug-likeness (QED) is 0.323. The van der Waals surface area contributed by atoms with Gasteiger partial charge in [-0.05, 0) is 0 Å². The van der Waals surface area contributed by atoms with Gasteiger partial charge in [0.15, 0.2) is 0 Å². The Balaban J connectivity index is -0.0000000457. The van der Waals surface area contributed by atoms with Crippen molar-refractivity contribution in [2.45, 2.75) is 0 Å². The molecule has 0 aliphatic rings. The summed E-state index contributed by atoms with van der Waals surface area (Å²) in [4.78, 5) is 0. The average Bonchev–Trinajstić information content (AvgIpc) is 1.12. The molecule has 0 bridgehead atoms. The Kier molecular flexibility index (Phi) is 20.7. The van der Waals surface area contributed by atoms with Crippen molar-refractivity contribution >= 4 is 45.5 Å². The molecular weight excluding hydrogens is 461 g/mol. The van der Waals surface area contributed by atoms with Crippen LogP contribution in [-0.4, -0.2) is 45.5 Å². The molecule has 0 aliphatic carbocycles. The van der Waals surface area contributed by atoms with E-state index in [0.29, 0.717) is 0 Å². The van der Waals surface area contributed by atoms with Crippen LogP contribution in [0.3, 0.4) is 0 Å². The average molecular weight is 461 g/mol. The Morgan fingerprint density at radius 2 is 1.00 bits per heavy atom. The molecule has 0 aromatic rings. The predicted octanol–water partition coefficient (Wildman–Crippen LogP) is -5.62. The van der Waals surface area contributed by atoms with Crippen molar-refractivity contribution in [1.82, 2.24) is 0 Å². The second kappa shape index (κ2) is 10.3. The zero-order chi connectivity index (χ0) is 9.00. The van der Waals surface area contributed by atoms with E-state index in [9.17, 15) is 0 Å². The fraction of sp³-hybridized carbons (Fsp3) is 0. The van der Waals surface area contributed by atoms with Crippen molar-refractivity contribution in [3.8, 4) is 0 Å². The molecule has 12 heteroatoms. The van der Waals surface area contributed by atoms with Crippen molar-refractivity contribution < 1.29 is 94.6 Å². The van der Waals surface area contributed by atoms with Crippen LogP contribution >= 0.6 is 0 Å². The van der Waals surface area contributed by atoms with Crippen molar-refractivity contribution in [2.24, 2.45) is 0 Å². The molecule has 0 rings (SSSR count). The molecule has 0 aromatic heterocycles. The fourth-order valence-corrected chi connectivity index (χ4v) is 0. The summed E-state index contributed by atoms with van der Waals surface area (Å²) in [7, 11) is 0. The summed E-state index contributed by atoms with van der Waals surface area (Å²) in [5.41, 5.74) is 0. The van der Waals surface area contributed by atoms with Gasteiger partial charge in [0, 0.05) is 0 Å². The molecule has 0 spiro atoms. The summed E-state index contributed by atoms with van der Waals surface area (Å²) < 4.78 is 68.7. The molecule has 0 radical (unpaired) electrons. The van der Waals surface area contributed by atoms with Gasteiger partial charge in [0.1, 0.15) is 0 Å². The zero-order valence-electron chi connectivity index (χ0n) is 5.34. The largest absolute Gasteiger partial charge is 2.00 e. The zero-order valence-corrected chi connectivity index (χ0v) is 14.9. The summed E-state index contributed by atoms with van der Waals surface area (Å²) in [6, 6.07) is 0. The maximum absolute atomic E-state index is 8.59. The van der Waals surface area contributed by atoms with Gasteiger partial charge < -0.3 is 0 Å². The van der Waals surface area contributed by atoms with Crippen LogP contribution in [0.1, 0.15) is 0 Å². The van der Waals surface area contributed by atoms with E-state index in [1.807, 2.05) is 0 Å². The molecule has 65 valence electrons. The third kappa shape index (κ3) is 231. The minimum atomic E-state index is -5.75. The van der Waals surface area contributed by atoms with Crippen LogP contribution in [0.15, 0.2) is 0 Å². The minimum absolute atomic E-state index is 0. The molecule has 0 fully saturated rings. The summed E-state index contributed by atoms with van der Waals surface area (Å²) in [5.74, 6) is 0. The van der Waals surface area contributed by atoms with Gasteiger partial charge in [-0.2, -0.15) is 0 Å². The Bertz CT molecular complexity index is 215. The Labute approximate surface area is 137 Å². The van der Waals surface area contributed by atoms with Crippen LogP contribution in [0.5, 0.6) is 0 Å². The van der Waals surface area contributed by atoms with E-state index in [2.05, 4.69) is 0 Å². The summed E-state index contributed by atoms with van der Waals surface area (Å²) in [5, 5.41) is 0. The second-order valence-corrected chi connectivity index (χ2v) is 3.24. The molecule has 0 saturated heterocycles. The smallest absolute Gasteiger partial charge is 2.00 e. The van der Waals surface area contributed by atoms with Gasteiger partial charge >= 0.3 is 140 Å². The first kappa shape index (κ1) is 24.1. The van der Waals surface area contributed by atoms with Crippen molar-refractivity contribution in [3.63, 3.8) is 0 Å². The molecule has 0 amide bonds. The van der Waals surface area contributed by atoms with Gasteiger partial charge in [0.25, 0.3) is 0 Å². The topological polar surface area (TPSA) is 161 Å². The Hall–Kier alpha value is 2.77. The van der Waals surface area contributed by atoms with Crippen LogP contribution in [-0.2, 0) is 42.3 Å². The van der Waals surface area contributed by atoms with Crippen LogP contribution in [0.25, 0.3) is 0 Å². The number of hydrogen-bond donors (Lipinski definition) is 0. The molecule has 0 atom stereocenters. The van der Waals surface area contributed by atoms with E-state index in [1.54, 1.807) is 0 Å². The van der Waals surface area contributed by atoms with Gasteiger partial charge in [-0.25, -0.2) is 0 Å². The molecule has 0 N–H and O–H groups in total. The molecule has 0 heterocycles. The van der Waals surface area contributed by atoms with Gasteiger partial charge in [0.05, 0.1) is 0 Å². The predicted molar refractivity (Wildman–Crippen MR) is 8.50 cm³/mol. The molecule has 12 heavy (non-hydrogen) atoms. The van der Waals surface area contributed by atoms with E-state index in [-0.39, 0.29) is 81.1 Å². The first-order valence-corrected chi connectivity index (χ1v) is 5.29. The monoisotopic (exact) mass is 462 g/mol. The normalized spacial score (nSPS) is 9.67. The Morgan fingerprint density at radius 1 is 1.00 bits per heavy atom.